The van der Waals surface area contributed by atoms with Gasteiger partial charge in [0.2, 0.25) is 0 Å². The molecule has 1 saturated heterocycles. The number of rotatable bonds is 7. The van der Waals surface area contributed by atoms with E-state index < -0.39 is 22.8 Å². The number of imide groups is 2. The average molecular weight is 558 g/mol. The van der Waals surface area contributed by atoms with Crippen LogP contribution in [0.2, 0.25) is 0 Å². The Labute approximate surface area is 215 Å². The fourth-order valence-corrected chi connectivity index (χ4v) is 4.74. The van der Waals surface area contributed by atoms with E-state index >= 15 is 0 Å². The van der Waals surface area contributed by atoms with Crippen molar-refractivity contribution in [3.8, 4) is 11.5 Å². The number of carbonyl (C=O) groups is 3. The maximum atomic E-state index is 13.2. The van der Waals surface area contributed by atoms with Crippen LogP contribution >= 0.6 is 15.9 Å². The number of amides is 4. The number of nitrogens with zero attached hydrogens (tertiary/aromatic N) is 2. The number of benzene rings is 2. The molecule has 0 bridgehead atoms. The lowest BCUT2D eigenvalue weighted by Gasteiger charge is -2.35. The monoisotopic (exact) mass is 557 g/mol. The van der Waals surface area contributed by atoms with E-state index in [1.165, 1.54) is 30.2 Å². The molecule has 0 atom stereocenters. The van der Waals surface area contributed by atoms with Crippen LogP contribution in [0.5, 0.6) is 11.5 Å². The van der Waals surface area contributed by atoms with Gasteiger partial charge in [-0.25, -0.2) is 4.79 Å². The number of methoxy groups -OCH3 is 1. The average Bonchev–Trinajstić information content (AvgIpc) is 2.87. The number of nitro groups is 1. The Morgan fingerprint density at radius 2 is 1.81 bits per heavy atom. The van der Waals surface area contributed by atoms with Crippen LogP contribution in [0, 0.1) is 10.1 Å². The zero-order valence-electron chi connectivity index (χ0n) is 19.5. The van der Waals surface area contributed by atoms with Crippen molar-refractivity contribution in [2.75, 3.05) is 7.11 Å². The van der Waals surface area contributed by atoms with Gasteiger partial charge in [-0.15, -0.1) is 0 Å². The van der Waals surface area contributed by atoms with E-state index in [1.54, 1.807) is 24.3 Å². The van der Waals surface area contributed by atoms with Crippen molar-refractivity contribution < 1.29 is 28.8 Å². The molecule has 10 nitrogen and oxygen atoms in total. The summed E-state index contributed by atoms with van der Waals surface area (Å²) in [4.78, 5) is 49.7. The van der Waals surface area contributed by atoms with Crippen molar-refractivity contribution >= 4 is 45.5 Å². The van der Waals surface area contributed by atoms with Crippen LogP contribution in [-0.2, 0) is 16.2 Å². The summed E-state index contributed by atoms with van der Waals surface area (Å²) in [5.41, 5.74) is 1.07. The van der Waals surface area contributed by atoms with Crippen LogP contribution in [0.4, 0.5) is 10.5 Å². The number of non-ortho nitro benzene ring substituents is 1. The molecular weight excluding hydrogens is 534 g/mol. The van der Waals surface area contributed by atoms with E-state index in [1.807, 2.05) is 0 Å². The van der Waals surface area contributed by atoms with Crippen molar-refractivity contribution in [2.24, 2.45) is 0 Å². The van der Waals surface area contributed by atoms with Crippen molar-refractivity contribution in [3.05, 3.63) is 67.7 Å². The second-order valence-electron chi connectivity index (χ2n) is 8.52. The molecule has 1 N–H and O–H groups in total. The first-order valence-electron chi connectivity index (χ1n) is 11.4. The van der Waals surface area contributed by atoms with Gasteiger partial charge in [0.1, 0.15) is 12.2 Å². The molecule has 0 aromatic heterocycles. The summed E-state index contributed by atoms with van der Waals surface area (Å²) in [5.74, 6) is -0.611. The summed E-state index contributed by atoms with van der Waals surface area (Å²) < 4.78 is 11.8. The molecule has 4 amide bonds. The van der Waals surface area contributed by atoms with Crippen LogP contribution in [0.25, 0.3) is 6.08 Å². The van der Waals surface area contributed by atoms with Gasteiger partial charge in [0, 0.05) is 22.6 Å². The zero-order chi connectivity index (χ0) is 25.8. The van der Waals surface area contributed by atoms with E-state index in [4.69, 9.17) is 9.47 Å². The van der Waals surface area contributed by atoms with Gasteiger partial charge >= 0.3 is 6.03 Å². The topological polar surface area (TPSA) is 128 Å². The molecule has 188 valence electrons. The van der Waals surface area contributed by atoms with Crippen LogP contribution in [0.1, 0.15) is 43.2 Å². The normalized spacial score (nSPS) is 17.8. The van der Waals surface area contributed by atoms with Gasteiger partial charge in [-0.2, -0.15) is 0 Å². The Morgan fingerprint density at radius 1 is 1.11 bits per heavy atom. The lowest BCUT2D eigenvalue weighted by Crippen LogP contribution is -2.58. The van der Waals surface area contributed by atoms with Crippen LogP contribution in [0.3, 0.4) is 0 Å². The third-order valence-electron chi connectivity index (χ3n) is 6.20. The minimum Gasteiger partial charge on any atom is -0.493 e. The number of ether oxygens (including phenoxy) is 2. The van der Waals surface area contributed by atoms with E-state index in [0.29, 0.717) is 21.5 Å². The maximum absolute atomic E-state index is 13.2. The minimum atomic E-state index is -0.749. The van der Waals surface area contributed by atoms with E-state index in [0.717, 1.165) is 37.7 Å². The standard InChI is InChI=1S/C25H24BrN3O7/c1-35-21-12-16(20(26)13-22(21)36-14-15-7-9-18(10-8-15)29(33)34)11-19-23(30)27-25(32)28(24(19)31)17-5-3-2-4-6-17/h7-13,17H,2-6,14H2,1H3,(H,27,30,32). The number of hydrogen-bond donors (Lipinski definition) is 1. The fraction of sp³-hybridized carbons (Fsp3) is 0.320. The molecule has 1 aliphatic heterocycles. The zero-order valence-corrected chi connectivity index (χ0v) is 21.1. The largest absolute Gasteiger partial charge is 0.493 e. The Hall–Kier alpha value is -3.73. The van der Waals surface area contributed by atoms with E-state index in [9.17, 15) is 24.5 Å². The maximum Gasteiger partial charge on any atom is 0.331 e. The van der Waals surface area contributed by atoms with Crippen LogP contribution in [0.15, 0.2) is 46.4 Å². The lowest BCUT2D eigenvalue weighted by atomic mass is 9.93. The first kappa shape index (κ1) is 25.4. The highest BCUT2D eigenvalue weighted by atomic mass is 79.9. The fourth-order valence-electron chi connectivity index (χ4n) is 4.31. The number of hydrogen-bond acceptors (Lipinski definition) is 7. The van der Waals surface area contributed by atoms with Crippen molar-refractivity contribution in [3.63, 3.8) is 0 Å². The summed E-state index contributed by atoms with van der Waals surface area (Å²) in [7, 11) is 1.46. The first-order valence-corrected chi connectivity index (χ1v) is 12.2. The molecule has 1 heterocycles. The van der Waals surface area contributed by atoms with Gasteiger partial charge in [0.25, 0.3) is 17.5 Å². The molecule has 0 unspecified atom stereocenters. The molecule has 1 saturated carbocycles. The Balaban J connectivity index is 1.56. The molecule has 2 aromatic carbocycles. The molecule has 36 heavy (non-hydrogen) atoms. The number of halogens is 1. The third kappa shape index (κ3) is 5.40. The SMILES string of the molecule is COc1cc(C=C2C(=O)NC(=O)N(C3CCCCC3)C2=O)c(Br)cc1OCc1ccc([N+](=O)[O-])cc1. The highest BCUT2D eigenvalue weighted by molar-refractivity contribution is 9.10. The third-order valence-corrected chi connectivity index (χ3v) is 6.88. The number of urea groups is 1. The van der Waals surface area contributed by atoms with E-state index in [2.05, 4.69) is 21.2 Å². The van der Waals surface area contributed by atoms with Crippen LogP contribution < -0.4 is 14.8 Å². The number of nitro benzene ring substituents is 1. The number of carbonyl (C=O) groups excluding carboxylic acids is 3. The van der Waals surface area contributed by atoms with Crippen molar-refractivity contribution in [2.45, 2.75) is 44.8 Å². The summed E-state index contributed by atoms with van der Waals surface area (Å²) in [6, 6.07) is 8.35. The number of barbiturate groups is 1. The van der Waals surface area contributed by atoms with E-state index in [-0.39, 0.29) is 23.9 Å². The summed E-state index contributed by atoms with van der Waals surface area (Å²) in [5, 5.41) is 13.1. The second kappa shape index (κ2) is 10.9. The lowest BCUT2D eigenvalue weighted by molar-refractivity contribution is -0.384. The van der Waals surface area contributed by atoms with Crippen LogP contribution in [-0.4, -0.2) is 40.8 Å². The smallest absolute Gasteiger partial charge is 0.331 e. The first-order chi connectivity index (χ1) is 17.3. The van der Waals surface area contributed by atoms with Gasteiger partial charge in [-0.3, -0.25) is 29.9 Å². The van der Waals surface area contributed by atoms with Gasteiger partial charge < -0.3 is 9.47 Å². The molecule has 2 aliphatic rings. The quantitative estimate of drug-likeness (QED) is 0.225. The predicted molar refractivity (Wildman–Crippen MR) is 133 cm³/mol. The Bertz CT molecular complexity index is 1240. The second-order valence-corrected chi connectivity index (χ2v) is 9.38. The molecule has 2 fully saturated rings. The minimum absolute atomic E-state index is 0.0125. The molecule has 0 spiro atoms. The molecule has 11 heteroatoms. The molecule has 0 radical (unpaired) electrons. The summed E-state index contributed by atoms with van der Waals surface area (Å²) >= 11 is 3.45. The van der Waals surface area contributed by atoms with Gasteiger partial charge in [-0.05, 0) is 54.3 Å². The highest BCUT2D eigenvalue weighted by Crippen LogP contribution is 2.36. The van der Waals surface area contributed by atoms with Crippen molar-refractivity contribution in [1.29, 1.82) is 0 Å². The van der Waals surface area contributed by atoms with Gasteiger partial charge in [0.05, 0.1) is 12.0 Å². The summed E-state index contributed by atoms with van der Waals surface area (Å²) in [6.45, 7) is 0.139. The van der Waals surface area contributed by atoms with Crippen molar-refractivity contribution in [1.82, 2.24) is 10.2 Å². The molecular formula is C25H24BrN3O7. The summed E-state index contributed by atoms with van der Waals surface area (Å²) in [6.07, 6.45) is 5.79. The predicted octanol–water partition coefficient (Wildman–Crippen LogP) is 4.74. The molecule has 4 rings (SSSR count). The highest BCUT2D eigenvalue weighted by Gasteiger charge is 2.40. The molecule has 1 aliphatic carbocycles. The Morgan fingerprint density at radius 3 is 2.44 bits per heavy atom. The van der Waals surface area contributed by atoms with Gasteiger partial charge in [-0.1, -0.05) is 35.2 Å². The molecule has 2 aromatic rings. The Kier molecular flexibility index (Phi) is 7.68. The number of nitrogens with one attached hydrogen (secondary N) is 1. The van der Waals surface area contributed by atoms with Gasteiger partial charge in [0.15, 0.2) is 11.5 Å².